The molecule has 0 aliphatic rings. The maximum Gasteiger partial charge on any atom is 0.317 e. The van der Waals surface area contributed by atoms with Gasteiger partial charge in [-0.05, 0) is 82.7 Å². The molecular weight excluding hydrogens is 697 g/mol. The van der Waals surface area contributed by atoms with Crippen molar-refractivity contribution in [3.8, 4) is 11.5 Å². The van der Waals surface area contributed by atoms with E-state index in [0.717, 1.165) is 16.7 Å². The summed E-state index contributed by atoms with van der Waals surface area (Å²) in [5.74, 6) is 0.566. The lowest BCUT2D eigenvalue weighted by Crippen LogP contribution is -2.35. The van der Waals surface area contributed by atoms with Crippen LogP contribution in [0.5, 0.6) is 11.5 Å². The second kappa shape index (κ2) is 22.2. The zero-order chi connectivity index (χ0) is 40.1. The number of hydrogen-bond acceptors (Lipinski definition) is 9. The fraction of sp³-hybridized carbons (Fsp3) is 0.256. The van der Waals surface area contributed by atoms with Crippen LogP contribution >= 0.6 is 0 Å². The molecule has 11 heteroatoms. The summed E-state index contributed by atoms with van der Waals surface area (Å²) in [5.41, 5.74) is 3.51. The highest BCUT2D eigenvalue weighted by molar-refractivity contribution is 6.70. The van der Waals surface area contributed by atoms with Gasteiger partial charge >= 0.3 is 5.97 Å². The quantitative estimate of drug-likeness (QED) is 0.0664. The lowest BCUT2D eigenvalue weighted by molar-refractivity contribution is -0.146. The number of aromatic hydroxyl groups is 2. The van der Waals surface area contributed by atoms with Gasteiger partial charge in [0.05, 0.1) is 26.3 Å². The number of methoxy groups -OCH3 is 2. The number of phenols is 2. The predicted molar refractivity (Wildman–Crippen MR) is 221 cm³/mol. The van der Waals surface area contributed by atoms with Crippen molar-refractivity contribution in [2.75, 3.05) is 14.2 Å². The number of nitrogens with zero attached hydrogens (tertiary/aromatic N) is 4. The molecule has 0 amide bonds. The van der Waals surface area contributed by atoms with Gasteiger partial charge < -0.3 is 28.7 Å². The monoisotopic (exact) mass is 750 g/mol. The summed E-state index contributed by atoms with van der Waals surface area (Å²) in [5, 5.41) is 19.4. The number of ether oxygens (including phenoxy) is 2. The van der Waals surface area contributed by atoms with Crippen LogP contribution in [-0.4, -0.2) is 60.2 Å². The van der Waals surface area contributed by atoms with Gasteiger partial charge in [-0.2, -0.15) is 0 Å². The third-order valence-electron chi connectivity index (χ3n) is 7.11. The zero-order valence-corrected chi connectivity index (χ0v) is 34.0. The van der Waals surface area contributed by atoms with Crippen molar-refractivity contribution in [2.45, 2.75) is 47.3 Å². The van der Waals surface area contributed by atoms with Crippen LogP contribution in [0.2, 0.25) is 19.6 Å². The van der Waals surface area contributed by atoms with Crippen molar-refractivity contribution in [3.05, 3.63) is 151 Å². The van der Waals surface area contributed by atoms with Gasteiger partial charge in [-0.1, -0.05) is 84.9 Å². The van der Waals surface area contributed by atoms with Gasteiger partial charge in [0.25, 0.3) is 5.95 Å². The van der Waals surface area contributed by atoms with Gasteiger partial charge in [0, 0.05) is 31.2 Å². The maximum absolute atomic E-state index is 12.2. The molecule has 286 valence electrons. The number of imidazole rings is 1. The van der Waals surface area contributed by atoms with Crippen molar-refractivity contribution in [1.29, 1.82) is 0 Å². The molecule has 0 bridgehead atoms. The first-order valence-corrected chi connectivity index (χ1v) is 20.7. The fourth-order valence-electron chi connectivity index (χ4n) is 4.40. The van der Waals surface area contributed by atoms with Gasteiger partial charge in [0.2, 0.25) is 8.32 Å². The Balaban J connectivity index is 0.000000273. The third-order valence-corrected chi connectivity index (χ3v) is 7.91. The molecule has 54 heavy (non-hydrogen) atoms. The molecule has 0 aliphatic carbocycles. The number of aryl methyl sites for hydroxylation is 1. The first kappa shape index (κ1) is 44.2. The van der Waals surface area contributed by atoms with Crippen LogP contribution in [0.25, 0.3) is 0 Å². The topological polar surface area (TPSA) is 128 Å². The Kier molecular flexibility index (Phi) is 18.2. The standard InChI is InChI=1S/C18H19NO3.C13H11NO.C8H18O2Si.C4H6N2/c1-18(2,17(21)22-3)16(13-9-5-4-6-10-13)19-14-11-7-8-12-15(14)20;15-13-9-5-4-8-12(13)14-10-11-6-2-1-3-7-11;1-7(2)8(9-3)10-11(4,5)6;1-6-3-2-5-4-6/h4-12,20H,1-3H3;1-10,15H;1-6H3;2-4H,1H3. The summed E-state index contributed by atoms with van der Waals surface area (Å²) in [6.45, 7) is 13.9. The minimum Gasteiger partial charge on any atom is -0.520 e. The highest BCUT2D eigenvalue weighted by Crippen LogP contribution is 2.32. The van der Waals surface area contributed by atoms with Crippen LogP contribution in [-0.2, 0) is 25.7 Å². The number of rotatable bonds is 9. The predicted octanol–water partition coefficient (Wildman–Crippen LogP) is 10.0. The molecule has 4 aromatic carbocycles. The number of para-hydroxylation sites is 4. The molecule has 5 rings (SSSR count). The molecule has 5 aromatic rings. The number of carbonyl (C=O) groups excluding carboxylic acids is 1. The third kappa shape index (κ3) is 15.7. The Morgan fingerprint density at radius 1 is 0.778 bits per heavy atom. The number of carbonyl (C=O) groups is 1. The summed E-state index contributed by atoms with van der Waals surface area (Å²) in [7, 11) is 3.45. The molecule has 1 heterocycles. The molecule has 0 fully saturated rings. The molecule has 0 saturated heterocycles. The van der Waals surface area contributed by atoms with E-state index in [-0.39, 0.29) is 17.5 Å². The lowest BCUT2D eigenvalue weighted by atomic mass is 9.83. The number of hydrogen-bond donors (Lipinski definition) is 2. The maximum atomic E-state index is 12.2. The van der Waals surface area contributed by atoms with E-state index in [2.05, 4.69) is 34.6 Å². The molecule has 0 unspecified atom stereocenters. The van der Waals surface area contributed by atoms with E-state index in [9.17, 15) is 15.0 Å². The van der Waals surface area contributed by atoms with Crippen molar-refractivity contribution in [1.82, 2.24) is 9.55 Å². The average Bonchev–Trinajstić information content (AvgIpc) is 3.64. The molecule has 2 N–H and O–H groups in total. The molecule has 0 atom stereocenters. The highest BCUT2D eigenvalue weighted by atomic mass is 28.4. The Labute approximate surface area is 321 Å². The van der Waals surface area contributed by atoms with E-state index in [4.69, 9.17) is 13.9 Å². The van der Waals surface area contributed by atoms with Gasteiger partial charge in [-0.15, -0.1) is 0 Å². The highest BCUT2D eigenvalue weighted by Gasteiger charge is 2.36. The van der Waals surface area contributed by atoms with E-state index < -0.39 is 13.7 Å². The molecule has 0 saturated carbocycles. The van der Waals surface area contributed by atoms with E-state index in [1.54, 1.807) is 82.2 Å². The number of aliphatic imine (C=N–C) groups is 2. The van der Waals surface area contributed by atoms with E-state index in [1.165, 1.54) is 7.11 Å². The largest absolute Gasteiger partial charge is 0.520 e. The molecule has 1 aromatic heterocycles. The fourth-order valence-corrected chi connectivity index (χ4v) is 5.24. The van der Waals surface area contributed by atoms with Crippen LogP contribution in [0, 0.1) is 5.41 Å². The first-order chi connectivity index (χ1) is 25.6. The number of esters is 1. The van der Waals surface area contributed by atoms with Crippen LogP contribution < -0.4 is 0 Å². The van der Waals surface area contributed by atoms with E-state index in [1.807, 2.05) is 98.4 Å². The molecule has 0 radical (unpaired) electrons. The normalized spacial score (nSPS) is 11.0. The lowest BCUT2D eigenvalue weighted by Gasteiger charge is -2.24. The van der Waals surface area contributed by atoms with Crippen LogP contribution in [0.4, 0.5) is 11.4 Å². The summed E-state index contributed by atoms with van der Waals surface area (Å²) in [6.07, 6.45) is 7.12. The number of phenolic OH excluding ortho intramolecular Hbond substituents is 2. The second-order valence-corrected chi connectivity index (χ2v) is 18.0. The number of aromatic nitrogens is 2. The Hall–Kier alpha value is -5.94. The average molecular weight is 751 g/mol. The SMILES string of the molecule is COC(=O)C(C)(C)C(=Nc1ccccc1O)c1ccccc1.COC(O[Si](C)(C)C)=C(C)C.Cn1ccnc1.Oc1ccccc1N=Cc1ccccc1. The second-order valence-electron chi connectivity index (χ2n) is 13.5. The molecule has 10 nitrogen and oxygen atoms in total. The van der Waals surface area contributed by atoms with E-state index >= 15 is 0 Å². The summed E-state index contributed by atoms with van der Waals surface area (Å²) >= 11 is 0. The summed E-state index contributed by atoms with van der Waals surface area (Å²) in [6, 6.07) is 33.0. The molecule has 0 aliphatic heterocycles. The minimum atomic E-state index is -1.49. The number of allylic oxidation sites excluding steroid dienone is 1. The van der Waals surface area contributed by atoms with Gasteiger partial charge in [-0.25, -0.2) is 9.98 Å². The van der Waals surface area contributed by atoms with Crippen molar-refractivity contribution < 1.29 is 28.9 Å². The smallest absolute Gasteiger partial charge is 0.317 e. The Morgan fingerprint density at radius 3 is 1.70 bits per heavy atom. The molecular formula is C43H54N4O6Si. The van der Waals surface area contributed by atoms with E-state index in [0.29, 0.717) is 23.0 Å². The van der Waals surface area contributed by atoms with Crippen molar-refractivity contribution in [3.63, 3.8) is 0 Å². The van der Waals surface area contributed by atoms with Crippen molar-refractivity contribution in [2.24, 2.45) is 22.4 Å². The van der Waals surface area contributed by atoms with Crippen LogP contribution in [0.1, 0.15) is 38.8 Å². The van der Waals surface area contributed by atoms with Gasteiger partial charge in [0.15, 0.2) is 0 Å². The molecule has 0 spiro atoms. The zero-order valence-electron chi connectivity index (χ0n) is 33.0. The Morgan fingerprint density at radius 2 is 1.30 bits per heavy atom. The minimum absolute atomic E-state index is 0.0663. The van der Waals surface area contributed by atoms with Gasteiger partial charge in [-0.3, -0.25) is 9.79 Å². The van der Waals surface area contributed by atoms with Gasteiger partial charge in [0.1, 0.15) is 28.3 Å². The summed E-state index contributed by atoms with van der Waals surface area (Å²) < 4.78 is 17.5. The van der Waals surface area contributed by atoms with Crippen LogP contribution in [0.15, 0.2) is 149 Å². The number of benzene rings is 4. The summed E-state index contributed by atoms with van der Waals surface area (Å²) in [4.78, 5) is 24.7. The Bertz CT molecular complexity index is 1930. The van der Waals surface area contributed by atoms with Crippen molar-refractivity contribution >= 4 is 37.6 Å². The van der Waals surface area contributed by atoms with Crippen LogP contribution in [0.3, 0.4) is 0 Å². The first-order valence-electron chi connectivity index (χ1n) is 17.3.